The predicted molar refractivity (Wildman–Crippen MR) is 86.6 cm³/mol. The van der Waals surface area contributed by atoms with Crippen LogP contribution in [0.15, 0.2) is 0 Å². The number of ether oxygens (including phenoxy) is 1. The third-order valence-corrected chi connectivity index (χ3v) is 3.71. The van der Waals surface area contributed by atoms with Gasteiger partial charge in [0, 0.05) is 18.6 Å². The second kappa shape index (κ2) is 8.59. The molecule has 1 aliphatic heterocycles. The highest BCUT2D eigenvalue weighted by Gasteiger charge is 2.20. The number of nitrogens with zero attached hydrogens (tertiary/aromatic N) is 1. The van der Waals surface area contributed by atoms with Crippen LogP contribution in [0.2, 0.25) is 0 Å². The molecule has 2 N–H and O–H groups in total. The molecule has 0 atom stereocenters. The van der Waals surface area contributed by atoms with Gasteiger partial charge in [0.25, 0.3) is 0 Å². The molecule has 0 spiro atoms. The summed E-state index contributed by atoms with van der Waals surface area (Å²) in [6.45, 7) is 14.1. The molecule has 1 aliphatic rings. The quantitative estimate of drug-likeness (QED) is 0.739. The van der Waals surface area contributed by atoms with Crippen molar-refractivity contribution in [2.45, 2.75) is 71.6 Å². The van der Waals surface area contributed by atoms with E-state index in [1.165, 1.54) is 25.9 Å². The van der Waals surface area contributed by atoms with Crippen LogP contribution < -0.4 is 10.6 Å². The Morgan fingerprint density at radius 2 is 1.86 bits per heavy atom. The van der Waals surface area contributed by atoms with Gasteiger partial charge in [0.1, 0.15) is 5.60 Å². The summed E-state index contributed by atoms with van der Waals surface area (Å²) in [6, 6.07) is 1.28. The molecule has 124 valence electrons. The van der Waals surface area contributed by atoms with Crippen LogP contribution in [0.5, 0.6) is 0 Å². The molecule has 1 fully saturated rings. The Morgan fingerprint density at radius 1 is 1.24 bits per heavy atom. The topological polar surface area (TPSA) is 53.6 Å². The van der Waals surface area contributed by atoms with Crippen molar-refractivity contribution in [1.82, 2.24) is 15.5 Å². The summed E-state index contributed by atoms with van der Waals surface area (Å²) in [5.74, 6) is 0. The van der Waals surface area contributed by atoms with Crippen LogP contribution in [0.25, 0.3) is 0 Å². The minimum absolute atomic E-state index is 0.326. The number of carbonyl (C=O) groups is 1. The molecule has 0 aliphatic carbocycles. The minimum atomic E-state index is -0.424. The molecule has 0 aromatic rings. The second-order valence-corrected chi connectivity index (χ2v) is 7.14. The van der Waals surface area contributed by atoms with Crippen molar-refractivity contribution in [2.75, 3.05) is 26.2 Å². The van der Waals surface area contributed by atoms with Gasteiger partial charge in [0.15, 0.2) is 0 Å². The average molecular weight is 299 g/mol. The van der Waals surface area contributed by atoms with Gasteiger partial charge in [0.05, 0.1) is 0 Å². The molecule has 0 radical (unpaired) electrons. The van der Waals surface area contributed by atoms with Gasteiger partial charge in [-0.2, -0.15) is 0 Å². The lowest BCUT2D eigenvalue weighted by Gasteiger charge is -2.35. The lowest BCUT2D eigenvalue weighted by atomic mass is 10.0. The lowest BCUT2D eigenvalue weighted by Crippen LogP contribution is -2.45. The molecule has 0 bridgehead atoms. The molecule has 5 heteroatoms. The van der Waals surface area contributed by atoms with Crippen molar-refractivity contribution in [3.05, 3.63) is 0 Å². The van der Waals surface area contributed by atoms with E-state index in [1.807, 2.05) is 20.8 Å². The number of carbonyl (C=O) groups excluding carboxylic acids is 1. The number of hydrogen-bond donors (Lipinski definition) is 2. The Labute approximate surface area is 129 Å². The predicted octanol–water partition coefficient (Wildman–Crippen LogP) is 2.36. The zero-order chi connectivity index (χ0) is 15.9. The SMILES string of the molecule is CC(C)N1CCC(NCCCNC(=O)OC(C)(C)C)CC1. The summed E-state index contributed by atoms with van der Waals surface area (Å²) in [4.78, 5) is 14.0. The van der Waals surface area contributed by atoms with Gasteiger partial charge in [-0.25, -0.2) is 4.79 Å². The highest BCUT2D eigenvalue weighted by molar-refractivity contribution is 5.67. The van der Waals surface area contributed by atoms with Crippen LogP contribution >= 0.6 is 0 Å². The largest absolute Gasteiger partial charge is 0.444 e. The zero-order valence-electron chi connectivity index (χ0n) is 14.4. The number of piperidine rings is 1. The van der Waals surface area contributed by atoms with Crippen molar-refractivity contribution >= 4 is 6.09 Å². The standard InChI is InChI=1S/C16H33N3O2/c1-13(2)19-11-7-14(8-12-19)17-9-6-10-18-15(20)21-16(3,4)5/h13-14,17H,6-12H2,1-5H3,(H,18,20). The van der Waals surface area contributed by atoms with Gasteiger partial charge in [-0.3, -0.25) is 0 Å². The van der Waals surface area contributed by atoms with E-state index >= 15 is 0 Å². The van der Waals surface area contributed by atoms with E-state index in [4.69, 9.17) is 4.74 Å². The van der Waals surface area contributed by atoms with Gasteiger partial charge in [0.2, 0.25) is 0 Å². The van der Waals surface area contributed by atoms with E-state index in [0.29, 0.717) is 18.6 Å². The van der Waals surface area contributed by atoms with E-state index < -0.39 is 5.60 Å². The molecular weight excluding hydrogens is 266 g/mol. The van der Waals surface area contributed by atoms with Gasteiger partial charge < -0.3 is 20.3 Å². The first-order valence-corrected chi connectivity index (χ1v) is 8.22. The number of likely N-dealkylation sites (tertiary alicyclic amines) is 1. The molecular formula is C16H33N3O2. The number of rotatable bonds is 6. The first-order chi connectivity index (χ1) is 9.78. The first kappa shape index (κ1) is 18.2. The highest BCUT2D eigenvalue weighted by atomic mass is 16.6. The van der Waals surface area contributed by atoms with E-state index in [1.54, 1.807) is 0 Å². The molecule has 1 saturated heterocycles. The van der Waals surface area contributed by atoms with E-state index in [0.717, 1.165) is 13.0 Å². The molecule has 0 saturated carbocycles. The van der Waals surface area contributed by atoms with E-state index in [2.05, 4.69) is 29.4 Å². The molecule has 0 aromatic heterocycles. The van der Waals surface area contributed by atoms with Gasteiger partial charge in [-0.1, -0.05) is 0 Å². The molecule has 1 rings (SSSR count). The molecule has 1 amide bonds. The Bertz CT molecular complexity index is 305. The van der Waals surface area contributed by atoms with E-state index in [-0.39, 0.29) is 6.09 Å². The maximum Gasteiger partial charge on any atom is 0.407 e. The molecule has 0 aromatic carbocycles. The molecule has 5 nitrogen and oxygen atoms in total. The summed E-state index contributed by atoms with van der Waals surface area (Å²) in [7, 11) is 0. The minimum Gasteiger partial charge on any atom is -0.444 e. The Morgan fingerprint density at radius 3 is 2.38 bits per heavy atom. The zero-order valence-corrected chi connectivity index (χ0v) is 14.4. The summed E-state index contributed by atoms with van der Waals surface area (Å²) in [5.41, 5.74) is -0.424. The van der Waals surface area contributed by atoms with Gasteiger partial charge in [-0.15, -0.1) is 0 Å². The van der Waals surface area contributed by atoms with Crippen LogP contribution in [0.1, 0.15) is 53.9 Å². The van der Waals surface area contributed by atoms with Crippen molar-refractivity contribution < 1.29 is 9.53 Å². The fourth-order valence-corrected chi connectivity index (χ4v) is 2.52. The first-order valence-electron chi connectivity index (χ1n) is 8.22. The van der Waals surface area contributed by atoms with Crippen molar-refractivity contribution in [3.63, 3.8) is 0 Å². The fraction of sp³-hybridized carbons (Fsp3) is 0.938. The maximum absolute atomic E-state index is 11.5. The normalized spacial score (nSPS) is 18.0. The number of alkyl carbamates (subject to hydrolysis) is 1. The number of nitrogens with one attached hydrogen (secondary N) is 2. The van der Waals surface area contributed by atoms with Crippen molar-refractivity contribution in [3.8, 4) is 0 Å². The van der Waals surface area contributed by atoms with Crippen molar-refractivity contribution in [2.24, 2.45) is 0 Å². The Hall–Kier alpha value is -0.810. The highest BCUT2D eigenvalue weighted by Crippen LogP contribution is 2.12. The summed E-state index contributed by atoms with van der Waals surface area (Å²) in [6.07, 6.45) is 3.05. The molecule has 21 heavy (non-hydrogen) atoms. The molecule has 0 unspecified atom stereocenters. The van der Waals surface area contributed by atoms with Crippen LogP contribution in [0, 0.1) is 0 Å². The Kier molecular flexibility index (Phi) is 7.46. The third-order valence-electron chi connectivity index (χ3n) is 3.71. The number of hydrogen-bond acceptors (Lipinski definition) is 4. The number of amides is 1. The van der Waals surface area contributed by atoms with Gasteiger partial charge >= 0.3 is 6.09 Å². The van der Waals surface area contributed by atoms with Gasteiger partial charge in [-0.05, 0) is 73.5 Å². The van der Waals surface area contributed by atoms with Crippen LogP contribution in [-0.4, -0.2) is 54.9 Å². The van der Waals surface area contributed by atoms with Crippen LogP contribution in [-0.2, 0) is 4.74 Å². The van der Waals surface area contributed by atoms with E-state index in [9.17, 15) is 4.79 Å². The third kappa shape index (κ3) is 8.27. The monoisotopic (exact) mass is 299 g/mol. The smallest absolute Gasteiger partial charge is 0.407 e. The maximum atomic E-state index is 11.5. The average Bonchev–Trinajstić information content (AvgIpc) is 2.36. The second-order valence-electron chi connectivity index (χ2n) is 7.14. The Balaban J connectivity index is 2.01. The van der Waals surface area contributed by atoms with Crippen molar-refractivity contribution in [1.29, 1.82) is 0 Å². The molecule has 1 heterocycles. The van der Waals surface area contributed by atoms with Crippen LogP contribution in [0.3, 0.4) is 0 Å². The lowest BCUT2D eigenvalue weighted by molar-refractivity contribution is 0.0527. The summed E-state index contributed by atoms with van der Waals surface area (Å²) in [5, 5.41) is 6.37. The van der Waals surface area contributed by atoms with Crippen LogP contribution in [0.4, 0.5) is 4.79 Å². The summed E-state index contributed by atoms with van der Waals surface area (Å²) < 4.78 is 5.19. The summed E-state index contributed by atoms with van der Waals surface area (Å²) >= 11 is 0. The fourth-order valence-electron chi connectivity index (χ4n) is 2.52.